The maximum absolute atomic E-state index is 12.7. The number of aromatic nitrogens is 3. The third-order valence-electron chi connectivity index (χ3n) is 4.17. The molecule has 2 aromatic heterocycles. The molecule has 0 aliphatic rings. The minimum Gasteiger partial charge on any atom is -0.305 e. The zero-order chi connectivity index (χ0) is 18.1. The van der Waals surface area contributed by atoms with Crippen LogP contribution in [-0.4, -0.2) is 20.3 Å². The zero-order valence-electron chi connectivity index (χ0n) is 14.8. The molecule has 3 rings (SSSR count). The Bertz CT molecular complexity index is 1080. The molecule has 0 aliphatic carbocycles. The van der Waals surface area contributed by atoms with Crippen molar-refractivity contribution in [3.05, 3.63) is 45.5 Å². The monoisotopic (exact) mass is 352 g/mol. The summed E-state index contributed by atoms with van der Waals surface area (Å²) < 4.78 is 4.67. The molecule has 6 heteroatoms. The molecule has 2 heterocycles. The topological polar surface area (TPSA) is 52.2 Å². The van der Waals surface area contributed by atoms with E-state index < -0.39 is 0 Å². The largest absolute Gasteiger partial charge is 0.305 e. The number of rotatable bonds is 3. The molecule has 1 amide bonds. The van der Waals surface area contributed by atoms with Gasteiger partial charge in [-0.25, -0.2) is 0 Å². The summed E-state index contributed by atoms with van der Waals surface area (Å²) in [5.41, 5.74) is 4.71. The van der Waals surface area contributed by atoms with Gasteiger partial charge in [-0.05, 0) is 57.0 Å². The van der Waals surface area contributed by atoms with Gasteiger partial charge in [0, 0.05) is 6.54 Å². The fourth-order valence-corrected chi connectivity index (χ4v) is 3.86. The molecule has 0 saturated heterocycles. The highest BCUT2D eigenvalue weighted by atomic mass is 32.1. The van der Waals surface area contributed by atoms with Crippen molar-refractivity contribution in [2.75, 3.05) is 0 Å². The molecule has 0 atom stereocenters. The van der Waals surface area contributed by atoms with Crippen molar-refractivity contribution >= 4 is 27.5 Å². The van der Waals surface area contributed by atoms with Crippen LogP contribution in [0.15, 0.2) is 23.2 Å². The van der Waals surface area contributed by atoms with Gasteiger partial charge >= 0.3 is 0 Å². The number of carbonyl (C=O) groups is 1. The second kappa shape index (κ2) is 6.69. The van der Waals surface area contributed by atoms with Gasteiger partial charge in [-0.2, -0.15) is 10.1 Å². The van der Waals surface area contributed by atoms with Crippen LogP contribution >= 0.6 is 11.3 Å². The summed E-state index contributed by atoms with van der Waals surface area (Å²) >= 11 is 1.48. The second-order valence-corrected chi connectivity index (χ2v) is 6.99. The fraction of sp³-hybridized carbons (Fsp3) is 0.316. The Morgan fingerprint density at radius 2 is 2.00 bits per heavy atom. The molecular weight excluding hydrogens is 332 g/mol. The van der Waals surface area contributed by atoms with E-state index >= 15 is 0 Å². The Morgan fingerprint density at radius 3 is 2.68 bits per heavy atom. The van der Waals surface area contributed by atoms with Gasteiger partial charge in [0.2, 0.25) is 0 Å². The maximum atomic E-state index is 12.7. The number of thiazole rings is 1. The molecule has 25 heavy (non-hydrogen) atoms. The van der Waals surface area contributed by atoms with Gasteiger partial charge in [-0.1, -0.05) is 17.3 Å². The van der Waals surface area contributed by atoms with Gasteiger partial charge in [0.25, 0.3) is 5.91 Å². The van der Waals surface area contributed by atoms with E-state index in [0.717, 1.165) is 15.9 Å². The lowest BCUT2D eigenvalue weighted by atomic mass is 10.1. The highest BCUT2D eigenvalue weighted by Gasteiger charge is 2.14. The van der Waals surface area contributed by atoms with Crippen molar-refractivity contribution in [3.63, 3.8) is 0 Å². The molecule has 128 valence electrons. The lowest BCUT2D eigenvalue weighted by Gasteiger charge is -2.03. The van der Waals surface area contributed by atoms with E-state index in [1.807, 2.05) is 18.4 Å². The molecule has 0 unspecified atom stereocenters. The summed E-state index contributed by atoms with van der Waals surface area (Å²) in [7, 11) is 0. The average Bonchev–Trinajstić information content (AvgIpc) is 3.10. The number of amides is 1. The Hall–Kier alpha value is -2.65. The van der Waals surface area contributed by atoms with E-state index in [0.29, 0.717) is 23.6 Å². The number of aryl methyl sites for hydroxylation is 4. The van der Waals surface area contributed by atoms with Gasteiger partial charge in [-0.15, -0.1) is 6.42 Å². The van der Waals surface area contributed by atoms with E-state index in [-0.39, 0.29) is 5.91 Å². The highest BCUT2D eigenvalue weighted by molar-refractivity contribution is 7.16. The van der Waals surface area contributed by atoms with Crippen LogP contribution in [0.4, 0.5) is 0 Å². The first-order valence-electron chi connectivity index (χ1n) is 8.12. The van der Waals surface area contributed by atoms with Crippen LogP contribution < -0.4 is 4.80 Å². The molecule has 5 nitrogen and oxygen atoms in total. The van der Waals surface area contributed by atoms with Gasteiger partial charge in [-0.3, -0.25) is 9.48 Å². The standard InChI is InChI=1S/C19H20N4OS/c1-6-8-22-15-9-12(3)13(4)10-17(15)25-19(22)20-18(24)16-11-14(5)21-23(16)7-2/h1,9-11H,7-8H2,2-5H3. The Morgan fingerprint density at radius 1 is 1.28 bits per heavy atom. The number of nitrogens with zero attached hydrogens (tertiary/aromatic N) is 4. The summed E-state index contributed by atoms with van der Waals surface area (Å²) in [5.74, 6) is 2.36. The van der Waals surface area contributed by atoms with Crippen molar-refractivity contribution in [3.8, 4) is 12.3 Å². The number of hydrogen-bond acceptors (Lipinski definition) is 3. The molecule has 0 N–H and O–H groups in total. The average molecular weight is 352 g/mol. The number of benzene rings is 1. The molecule has 0 fully saturated rings. The molecule has 0 radical (unpaired) electrons. The SMILES string of the molecule is C#CCn1c(=NC(=O)c2cc(C)nn2CC)sc2cc(C)c(C)cc21. The Labute approximate surface area is 150 Å². The minimum absolute atomic E-state index is 0.298. The van der Waals surface area contributed by atoms with Gasteiger partial charge < -0.3 is 4.57 Å². The third-order valence-corrected chi connectivity index (χ3v) is 5.21. The van der Waals surface area contributed by atoms with Gasteiger partial charge in [0.15, 0.2) is 4.80 Å². The molecule has 0 aliphatic heterocycles. The number of hydrogen-bond donors (Lipinski definition) is 0. The highest BCUT2D eigenvalue weighted by Crippen LogP contribution is 2.22. The number of fused-ring (bicyclic) bond motifs is 1. The van der Waals surface area contributed by atoms with E-state index in [1.165, 1.54) is 22.5 Å². The summed E-state index contributed by atoms with van der Waals surface area (Å²) in [5, 5.41) is 4.32. The second-order valence-electron chi connectivity index (χ2n) is 5.98. The fourth-order valence-electron chi connectivity index (χ4n) is 2.75. The summed E-state index contributed by atoms with van der Waals surface area (Å²) in [6.45, 7) is 8.96. The predicted molar refractivity (Wildman–Crippen MR) is 101 cm³/mol. The molecule has 3 aromatic rings. The number of terminal acetylenes is 1. The normalized spacial score (nSPS) is 11.9. The molecule has 0 bridgehead atoms. The third kappa shape index (κ3) is 3.15. The van der Waals surface area contributed by atoms with Crippen LogP contribution in [0.1, 0.15) is 34.2 Å². The molecular formula is C19H20N4OS. The first-order valence-corrected chi connectivity index (χ1v) is 8.93. The molecule has 1 aromatic carbocycles. The van der Waals surface area contributed by atoms with Crippen LogP contribution in [0.25, 0.3) is 10.2 Å². The van der Waals surface area contributed by atoms with Crippen LogP contribution in [0.2, 0.25) is 0 Å². The van der Waals surface area contributed by atoms with Crippen molar-refractivity contribution in [2.45, 2.75) is 40.8 Å². The van der Waals surface area contributed by atoms with E-state index in [4.69, 9.17) is 6.42 Å². The van der Waals surface area contributed by atoms with Crippen molar-refractivity contribution in [1.29, 1.82) is 0 Å². The lowest BCUT2D eigenvalue weighted by Crippen LogP contribution is -2.18. The van der Waals surface area contributed by atoms with Crippen molar-refractivity contribution in [1.82, 2.24) is 14.3 Å². The molecule has 0 saturated carbocycles. The molecule has 0 spiro atoms. The summed E-state index contributed by atoms with van der Waals surface area (Å²) in [6, 6.07) is 5.98. The van der Waals surface area contributed by atoms with E-state index in [1.54, 1.807) is 10.7 Å². The van der Waals surface area contributed by atoms with Crippen molar-refractivity contribution < 1.29 is 4.79 Å². The summed E-state index contributed by atoms with van der Waals surface area (Å²) in [6.07, 6.45) is 5.53. The van der Waals surface area contributed by atoms with Crippen LogP contribution in [0, 0.1) is 33.1 Å². The first-order chi connectivity index (χ1) is 11.9. The Balaban J connectivity index is 2.20. The van der Waals surface area contributed by atoms with Gasteiger partial charge in [0.05, 0.1) is 22.5 Å². The van der Waals surface area contributed by atoms with Crippen LogP contribution in [-0.2, 0) is 13.1 Å². The lowest BCUT2D eigenvalue weighted by molar-refractivity contribution is 0.0987. The number of carbonyl (C=O) groups excluding carboxylic acids is 1. The quantitative estimate of drug-likeness (QED) is 0.680. The van der Waals surface area contributed by atoms with E-state index in [9.17, 15) is 4.79 Å². The van der Waals surface area contributed by atoms with E-state index in [2.05, 4.69) is 42.0 Å². The summed E-state index contributed by atoms with van der Waals surface area (Å²) in [4.78, 5) is 17.7. The smallest absolute Gasteiger partial charge is 0.297 e. The van der Waals surface area contributed by atoms with Gasteiger partial charge in [0.1, 0.15) is 5.69 Å². The van der Waals surface area contributed by atoms with Crippen LogP contribution in [0.3, 0.4) is 0 Å². The Kier molecular flexibility index (Phi) is 4.60. The minimum atomic E-state index is -0.298. The maximum Gasteiger partial charge on any atom is 0.297 e. The zero-order valence-corrected chi connectivity index (χ0v) is 15.6. The van der Waals surface area contributed by atoms with Crippen molar-refractivity contribution in [2.24, 2.45) is 4.99 Å². The van der Waals surface area contributed by atoms with Crippen LogP contribution in [0.5, 0.6) is 0 Å². The first kappa shape index (κ1) is 17.2. The predicted octanol–water partition coefficient (Wildman–Crippen LogP) is 3.22.